The number of hydrogen-bond donors (Lipinski definition) is 2. The van der Waals surface area contributed by atoms with Crippen molar-refractivity contribution in [2.75, 3.05) is 6.61 Å². The summed E-state index contributed by atoms with van der Waals surface area (Å²) in [5.74, 6) is 11.1. The van der Waals surface area contributed by atoms with Crippen molar-refractivity contribution in [3.63, 3.8) is 0 Å². The van der Waals surface area contributed by atoms with Gasteiger partial charge >= 0.3 is 0 Å². The first-order valence-corrected chi connectivity index (χ1v) is 7.47. The summed E-state index contributed by atoms with van der Waals surface area (Å²) in [6, 6.07) is 0. The summed E-state index contributed by atoms with van der Waals surface area (Å²) >= 11 is 0. The van der Waals surface area contributed by atoms with E-state index in [1.54, 1.807) is 19.9 Å². The van der Waals surface area contributed by atoms with Gasteiger partial charge in [-0.3, -0.25) is 0 Å². The molecule has 5 nitrogen and oxygen atoms in total. The van der Waals surface area contributed by atoms with E-state index in [4.69, 9.17) is 14.2 Å². The van der Waals surface area contributed by atoms with Gasteiger partial charge in [-0.15, -0.1) is 0 Å². The molecule has 4 aliphatic rings. The van der Waals surface area contributed by atoms with E-state index >= 15 is 0 Å². The van der Waals surface area contributed by atoms with E-state index in [2.05, 4.69) is 23.7 Å². The van der Waals surface area contributed by atoms with Gasteiger partial charge in [-0.25, -0.2) is 0 Å². The van der Waals surface area contributed by atoms with Gasteiger partial charge in [-0.1, -0.05) is 23.7 Å². The smallest absolute Gasteiger partial charge is 0.164 e. The Kier molecular flexibility index (Phi) is 2.82. The topological polar surface area (TPSA) is 71.5 Å². The molecule has 4 rings (SSSR count). The molecule has 0 radical (unpaired) electrons. The third-order valence-corrected chi connectivity index (χ3v) is 4.57. The molecule has 0 amide bonds. The van der Waals surface area contributed by atoms with Crippen LogP contribution >= 0.6 is 0 Å². The van der Waals surface area contributed by atoms with Crippen LogP contribution in [0.4, 0.5) is 0 Å². The Bertz CT molecular complexity index is 673. The molecule has 2 aliphatic heterocycles. The minimum absolute atomic E-state index is 0.176. The second-order valence-corrected chi connectivity index (χ2v) is 6.73. The first-order chi connectivity index (χ1) is 10.3. The van der Waals surface area contributed by atoms with Crippen LogP contribution in [0, 0.1) is 23.7 Å². The van der Waals surface area contributed by atoms with Crippen molar-refractivity contribution in [2.24, 2.45) is 0 Å². The van der Waals surface area contributed by atoms with Gasteiger partial charge in [0, 0.05) is 12.0 Å². The first-order valence-electron chi connectivity index (χ1n) is 7.47. The fraction of sp³-hybridized carbons (Fsp3) is 0.647. The summed E-state index contributed by atoms with van der Waals surface area (Å²) in [7, 11) is 0. The van der Waals surface area contributed by atoms with Crippen molar-refractivity contribution in [1.82, 2.24) is 0 Å². The van der Waals surface area contributed by atoms with Crippen LogP contribution in [0.5, 0.6) is 0 Å². The minimum Gasteiger partial charge on any atom is -0.389 e. The summed E-state index contributed by atoms with van der Waals surface area (Å²) in [5.41, 5.74) is -1.26. The lowest BCUT2D eigenvalue weighted by Gasteiger charge is -2.27. The Balaban J connectivity index is 1.68. The van der Waals surface area contributed by atoms with E-state index in [1.807, 2.05) is 0 Å². The Morgan fingerprint density at radius 3 is 2.86 bits per heavy atom. The highest BCUT2D eigenvalue weighted by Gasteiger charge is 2.62. The van der Waals surface area contributed by atoms with Gasteiger partial charge in [0.15, 0.2) is 17.5 Å². The summed E-state index contributed by atoms with van der Waals surface area (Å²) in [4.78, 5) is 0. The standard InChI is InChI=1S/C17H18O5/c1-15(2)20-10-14(21-15)16(19)6-3-4-13-17(22-13)9-12(18)8-11(17)5-7-16/h8,12-14,18-19H,6,9-10H2,1-2H3/t12-,13+,14-,16-,17-/m1/s1/i7+1. The van der Waals surface area contributed by atoms with Crippen molar-refractivity contribution in [2.45, 2.75) is 62.0 Å². The molecule has 5 atom stereocenters. The zero-order valence-corrected chi connectivity index (χ0v) is 12.5. The molecular formula is C17H18O5. The average molecular weight is 303 g/mol. The van der Waals surface area contributed by atoms with E-state index < -0.39 is 29.2 Å². The molecule has 0 aromatic heterocycles. The Morgan fingerprint density at radius 2 is 2.14 bits per heavy atom. The van der Waals surface area contributed by atoms with Crippen LogP contribution in [-0.2, 0) is 14.2 Å². The van der Waals surface area contributed by atoms with Crippen molar-refractivity contribution in [3.8, 4) is 23.7 Å². The molecule has 2 aliphatic carbocycles. The van der Waals surface area contributed by atoms with Gasteiger partial charge < -0.3 is 24.4 Å². The number of aliphatic hydroxyl groups excluding tert-OH is 1. The number of epoxide rings is 1. The van der Waals surface area contributed by atoms with Crippen LogP contribution in [0.3, 0.4) is 0 Å². The lowest BCUT2D eigenvalue weighted by molar-refractivity contribution is -0.159. The van der Waals surface area contributed by atoms with E-state index in [1.165, 1.54) is 0 Å². The Hall–Kier alpha value is -1.34. The fourth-order valence-electron chi connectivity index (χ4n) is 3.26. The number of hydrogen-bond acceptors (Lipinski definition) is 5. The van der Waals surface area contributed by atoms with Gasteiger partial charge in [-0.05, 0) is 19.9 Å². The van der Waals surface area contributed by atoms with Crippen LogP contribution in [0.1, 0.15) is 26.7 Å². The van der Waals surface area contributed by atoms with Crippen LogP contribution < -0.4 is 0 Å². The quantitative estimate of drug-likeness (QED) is 0.409. The summed E-state index contributed by atoms with van der Waals surface area (Å²) in [5, 5.41) is 20.7. The molecule has 0 bridgehead atoms. The van der Waals surface area contributed by atoms with Gasteiger partial charge in [-0.2, -0.15) is 0 Å². The molecule has 2 N–H and O–H groups in total. The molecule has 0 aromatic carbocycles. The predicted octanol–water partition coefficient (Wildman–Crippen LogP) is 0.108. The zero-order chi connectivity index (χ0) is 15.6. The lowest BCUT2D eigenvalue weighted by atomic mass is 9.98. The highest BCUT2D eigenvalue weighted by Crippen LogP contribution is 2.50. The molecule has 0 saturated carbocycles. The maximum absolute atomic E-state index is 10.9. The molecule has 116 valence electrons. The third kappa shape index (κ3) is 2.10. The molecule has 0 unspecified atom stereocenters. The van der Waals surface area contributed by atoms with Gasteiger partial charge in [0.25, 0.3) is 0 Å². The van der Waals surface area contributed by atoms with Crippen LogP contribution in [0.15, 0.2) is 11.6 Å². The molecule has 2 heterocycles. The van der Waals surface area contributed by atoms with Crippen molar-refractivity contribution >= 4 is 0 Å². The largest absolute Gasteiger partial charge is 0.389 e. The monoisotopic (exact) mass is 303 g/mol. The highest BCUT2D eigenvalue weighted by atomic mass is 16.7. The highest BCUT2D eigenvalue weighted by molar-refractivity contribution is 5.52. The second-order valence-electron chi connectivity index (χ2n) is 6.73. The lowest BCUT2D eigenvalue weighted by Crippen LogP contribution is -2.43. The number of aliphatic hydroxyl groups is 2. The SMILES string of the molecule is CC1(C)OC[C@H]([C@@]2(O)CC#C[C@@H]3O[C@@]34C[C@H](O)C=C4C#[13C]2)O1. The molecule has 2 saturated heterocycles. The Morgan fingerprint density at radius 1 is 1.32 bits per heavy atom. The van der Waals surface area contributed by atoms with Crippen LogP contribution in [-0.4, -0.2) is 52.1 Å². The predicted molar refractivity (Wildman–Crippen MR) is 76.3 cm³/mol. The van der Waals surface area contributed by atoms with Crippen molar-refractivity contribution in [1.29, 1.82) is 0 Å². The van der Waals surface area contributed by atoms with Crippen molar-refractivity contribution < 1.29 is 24.4 Å². The van der Waals surface area contributed by atoms with Crippen LogP contribution in [0.25, 0.3) is 0 Å². The fourth-order valence-corrected chi connectivity index (χ4v) is 3.26. The first kappa shape index (κ1) is 14.3. The summed E-state index contributed by atoms with van der Waals surface area (Å²) in [6.45, 7) is 3.88. The van der Waals surface area contributed by atoms with Crippen molar-refractivity contribution in [3.05, 3.63) is 11.6 Å². The van der Waals surface area contributed by atoms with Gasteiger partial charge in [0.05, 0.1) is 19.1 Å². The summed E-state index contributed by atoms with van der Waals surface area (Å²) < 4.78 is 16.9. The number of rotatable bonds is 1. The minimum atomic E-state index is -1.40. The van der Waals surface area contributed by atoms with E-state index in [9.17, 15) is 10.2 Å². The maximum atomic E-state index is 10.9. The zero-order valence-electron chi connectivity index (χ0n) is 12.5. The molecule has 22 heavy (non-hydrogen) atoms. The molecule has 2 fully saturated rings. The van der Waals surface area contributed by atoms with E-state index in [0.717, 1.165) is 0 Å². The Labute approximate surface area is 129 Å². The van der Waals surface area contributed by atoms with E-state index in [0.29, 0.717) is 12.0 Å². The number of ether oxygens (including phenoxy) is 3. The van der Waals surface area contributed by atoms with Gasteiger partial charge in [0.2, 0.25) is 0 Å². The van der Waals surface area contributed by atoms with E-state index in [-0.39, 0.29) is 19.1 Å². The summed E-state index contributed by atoms with van der Waals surface area (Å²) in [6.07, 6.45) is 0.970. The third-order valence-electron chi connectivity index (χ3n) is 4.57. The molecule has 1 spiro atoms. The molecular weight excluding hydrogens is 285 g/mol. The normalized spacial score (nSPS) is 47.5. The molecule has 5 heteroatoms. The average Bonchev–Trinajstić information content (AvgIpc) is 2.80. The second kappa shape index (κ2) is 4.35. The van der Waals surface area contributed by atoms with Crippen LogP contribution in [0.2, 0.25) is 0 Å². The maximum Gasteiger partial charge on any atom is 0.164 e. The molecule has 0 aromatic rings. The van der Waals surface area contributed by atoms with Gasteiger partial charge in [0.1, 0.15) is 11.7 Å².